The minimum atomic E-state index is -0.924. The summed E-state index contributed by atoms with van der Waals surface area (Å²) in [6.45, 7) is 0.934. The van der Waals surface area contributed by atoms with Crippen LogP contribution in [0.5, 0.6) is 0 Å². The molecule has 2 bridgehead atoms. The van der Waals surface area contributed by atoms with Gasteiger partial charge in [0.1, 0.15) is 11.4 Å². The number of pyridine rings is 1. The third-order valence-corrected chi connectivity index (χ3v) is 5.33. The van der Waals surface area contributed by atoms with Crippen molar-refractivity contribution in [1.82, 2.24) is 9.88 Å². The zero-order chi connectivity index (χ0) is 15.9. The van der Waals surface area contributed by atoms with Crippen LogP contribution in [0.15, 0.2) is 48.7 Å². The van der Waals surface area contributed by atoms with Crippen LogP contribution >= 0.6 is 0 Å². The minimum Gasteiger partial charge on any atom is -0.383 e. The lowest BCUT2D eigenvalue weighted by Crippen LogP contribution is -2.49. The maximum Gasteiger partial charge on any atom is 0.141 e. The fourth-order valence-electron chi connectivity index (χ4n) is 4.23. The Morgan fingerprint density at radius 3 is 2.39 bits per heavy atom. The van der Waals surface area contributed by atoms with Gasteiger partial charge in [0.25, 0.3) is 0 Å². The first-order valence-electron chi connectivity index (χ1n) is 8.28. The van der Waals surface area contributed by atoms with Gasteiger partial charge >= 0.3 is 0 Å². The molecule has 2 saturated heterocycles. The van der Waals surface area contributed by atoms with E-state index in [0.717, 1.165) is 19.4 Å². The van der Waals surface area contributed by atoms with Crippen LogP contribution in [0.3, 0.4) is 0 Å². The standard InChI is InChI=1S/C19H21FN2O/c20-15-6-9-18(21-12-15)19(23)10-16-7-8-17(11-19)22(16)13-14-4-2-1-3-5-14/h1-6,9,12,16-17,23H,7-8,10-11,13H2. The maximum absolute atomic E-state index is 13.1. The zero-order valence-electron chi connectivity index (χ0n) is 13.0. The molecule has 1 aromatic heterocycles. The van der Waals surface area contributed by atoms with E-state index in [1.54, 1.807) is 6.07 Å². The molecule has 23 heavy (non-hydrogen) atoms. The van der Waals surface area contributed by atoms with Crippen LogP contribution in [-0.4, -0.2) is 27.1 Å². The Morgan fingerprint density at radius 2 is 1.78 bits per heavy atom. The van der Waals surface area contributed by atoms with E-state index in [9.17, 15) is 9.50 Å². The van der Waals surface area contributed by atoms with Crippen LogP contribution in [0.1, 0.15) is 36.9 Å². The van der Waals surface area contributed by atoms with Gasteiger partial charge in [-0.3, -0.25) is 9.88 Å². The lowest BCUT2D eigenvalue weighted by molar-refractivity contribution is -0.0624. The molecule has 4 heteroatoms. The van der Waals surface area contributed by atoms with Crippen LogP contribution in [-0.2, 0) is 12.1 Å². The topological polar surface area (TPSA) is 36.4 Å². The summed E-state index contributed by atoms with van der Waals surface area (Å²) in [4.78, 5) is 6.66. The number of hydrogen-bond donors (Lipinski definition) is 1. The average molecular weight is 312 g/mol. The number of hydrogen-bond acceptors (Lipinski definition) is 3. The van der Waals surface area contributed by atoms with Gasteiger partial charge < -0.3 is 5.11 Å². The molecule has 0 aliphatic carbocycles. The number of nitrogens with zero attached hydrogens (tertiary/aromatic N) is 2. The summed E-state index contributed by atoms with van der Waals surface area (Å²) in [7, 11) is 0. The summed E-state index contributed by atoms with van der Waals surface area (Å²) in [5.41, 5.74) is 0.997. The zero-order valence-corrected chi connectivity index (χ0v) is 13.0. The highest BCUT2D eigenvalue weighted by molar-refractivity contribution is 5.20. The SMILES string of the molecule is OC1(c2ccc(F)cn2)CC2CCC(C1)N2Cc1ccccc1. The monoisotopic (exact) mass is 312 g/mol. The Morgan fingerprint density at radius 1 is 1.09 bits per heavy atom. The van der Waals surface area contributed by atoms with E-state index < -0.39 is 5.60 Å². The van der Waals surface area contributed by atoms with Crippen LogP contribution in [0.4, 0.5) is 4.39 Å². The van der Waals surface area contributed by atoms with Crippen molar-refractivity contribution in [2.45, 2.75) is 49.9 Å². The summed E-state index contributed by atoms with van der Waals surface area (Å²) < 4.78 is 13.1. The highest BCUT2D eigenvalue weighted by atomic mass is 19.1. The molecule has 120 valence electrons. The number of aromatic nitrogens is 1. The van der Waals surface area contributed by atoms with E-state index >= 15 is 0 Å². The molecule has 1 aromatic carbocycles. The molecular formula is C19H21FN2O. The first-order valence-corrected chi connectivity index (χ1v) is 8.28. The molecule has 0 spiro atoms. The van der Waals surface area contributed by atoms with Gasteiger partial charge in [-0.1, -0.05) is 30.3 Å². The first-order chi connectivity index (χ1) is 11.1. The van der Waals surface area contributed by atoms with Gasteiger partial charge in [0, 0.05) is 18.6 Å². The number of rotatable bonds is 3. The molecule has 0 amide bonds. The second kappa shape index (κ2) is 5.69. The molecule has 4 rings (SSSR count). The van der Waals surface area contributed by atoms with Crippen LogP contribution in [0.2, 0.25) is 0 Å². The molecule has 2 aliphatic heterocycles. The Labute approximate surface area is 135 Å². The summed E-state index contributed by atoms with van der Waals surface area (Å²) >= 11 is 0. The molecule has 2 aliphatic rings. The van der Waals surface area contributed by atoms with E-state index in [-0.39, 0.29) is 5.82 Å². The summed E-state index contributed by atoms with van der Waals surface area (Å²) in [5.74, 6) is -0.359. The van der Waals surface area contributed by atoms with Gasteiger partial charge in [-0.05, 0) is 43.4 Å². The van der Waals surface area contributed by atoms with E-state index in [0.29, 0.717) is 30.6 Å². The number of piperidine rings is 1. The number of halogens is 1. The summed E-state index contributed by atoms with van der Waals surface area (Å²) in [6, 6.07) is 14.2. The van der Waals surface area contributed by atoms with Crippen molar-refractivity contribution in [2.24, 2.45) is 0 Å². The fourth-order valence-corrected chi connectivity index (χ4v) is 4.23. The predicted octanol–water partition coefficient (Wildman–Crippen LogP) is 3.24. The third kappa shape index (κ3) is 2.77. The first kappa shape index (κ1) is 14.8. The van der Waals surface area contributed by atoms with Gasteiger partial charge in [0.15, 0.2) is 0 Å². The van der Waals surface area contributed by atoms with Gasteiger partial charge in [0.2, 0.25) is 0 Å². The predicted molar refractivity (Wildman–Crippen MR) is 86.1 cm³/mol. The van der Waals surface area contributed by atoms with Gasteiger partial charge in [-0.15, -0.1) is 0 Å². The largest absolute Gasteiger partial charge is 0.383 e. The Balaban J connectivity index is 1.54. The second-order valence-corrected chi connectivity index (χ2v) is 6.84. The van der Waals surface area contributed by atoms with Crippen molar-refractivity contribution in [2.75, 3.05) is 0 Å². The normalized spacial score (nSPS) is 30.5. The molecule has 0 radical (unpaired) electrons. The van der Waals surface area contributed by atoms with Crippen molar-refractivity contribution < 1.29 is 9.50 Å². The molecular weight excluding hydrogens is 291 g/mol. The summed E-state index contributed by atoms with van der Waals surface area (Å²) in [6.07, 6.45) is 4.78. The lowest BCUT2D eigenvalue weighted by atomic mass is 9.83. The van der Waals surface area contributed by atoms with Crippen molar-refractivity contribution in [3.8, 4) is 0 Å². The van der Waals surface area contributed by atoms with Crippen molar-refractivity contribution in [3.63, 3.8) is 0 Å². The molecule has 0 saturated carbocycles. The Bertz CT molecular complexity index is 660. The molecule has 3 heterocycles. The molecule has 2 fully saturated rings. The van der Waals surface area contributed by atoms with Crippen LogP contribution < -0.4 is 0 Å². The highest BCUT2D eigenvalue weighted by Crippen LogP contribution is 2.45. The number of benzene rings is 1. The van der Waals surface area contributed by atoms with Gasteiger partial charge in [-0.2, -0.15) is 0 Å². The smallest absolute Gasteiger partial charge is 0.141 e. The molecule has 2 unspecified atom stereocenters. The van der Waals surface area contributed by atoms with E-state index in [4.69, 9.17) is 0 Å². The molecule has 1 N–H and O–H groups in total. The lowest BCUT2D eigenvalue weighted by Gasteiger charge is -2.43. The molecule has 2 atom stereocenters. The molecule has 2 aromatic rings. The van der Waals surface area contributed by atoms with E-state index in [1.165, 1.54) is 17.8 Å². The second-order valence-electron chi connectivity index (χ2n) is 6.84. The maximum atomic E-state index is 13.1. The number of fused-ring (bicyclic) bond motifs is 2. The average Bonchev–Trinajstić information content (AvgIpc) is 2.80. The number of aliphatic hydroxyl groups is 1. The highest BCUT2D eigenvalue weighted by Gasteiger charge is 2.48. The Hall–Kier alpha value is -1.78. The Kier molecular flexibility index (Phi) is 3.66. The third-order valence-electron chi connectivity index (χ3n) is 5.33. The van der Waals surface area contributed by atoms with E-state index in [2.05, 4.69) is 34.1 Å². The van der Waals surface area contributed by atoms with Crippen molar-refractivity contribution in [3.05, 3.63) is 65.7 Å². The van der Waals surface area contributed by atoms with Crippen LogP contribution in [0.25, 0.3) is 0 Å². The van der Waals surface area contributed by atoms with Crippen LogP contribution in [0, 0.1) is 5.82 Å². The van der Waals surface area contributed by atoms with E-state index in [1.807, 2.05) is 6.07 Å². The van der Waals surface area contributed by atoms with Gasteiger partial charge in [0.05, 0.1) is 11.9 Å². The minimum absolute atomic E-state index is 0.359. The quantitative estimate of drug-likeness (QED) is 0.945. The fraction of sp³-hybridized carbons (Fsp3) is 0.421. The molecule has 3 nitrogen and oxygen atoms in total. The van der Waals surface area contributed by atoms with Crippen molar-refractivity contribution in [1.29, 1.82) is 0 Å². The van der Waals surface area contributed by atoms with Crippen molar-refractivity contribution >= 4 is 0 Å². The summed E-state index contributed by atoms with van der Waals surface area (Å²) in [5, 5.41) is 11.1. The van der Waals surface area contributed by atoms with Gasteiger partial charge in [-0.25, -0.2) is 4.39 Å².